The highest BCUT2D eigenvalue weighted by Crippen LogP contribution is 2.27. The third-order valence-electron chi connectivity index (χ3n) is 2.97. The van der Waals surface area contributed by atoms with Gasteiger partial charge in [-0.3, -0.25) is 0 Å². The van der Waals surface area contributed by atoms with Crippen LogP contribution in [0.15, 0.2) is 40.9 Å². The van der Waals surface area contributed by atoms with Crippen LogP contribution in [0.5, 0.6) is 0 Å². The van der Waals surface area contributed by atoms with E-state index in [-0.39, 0.29) is 5.54 Å². The Hall–Kier alpha value is -1.61. The molecule has 2 rings (SSSR count). The quantitative estimate of drug-likeness (QED) is 0.906. The molecule has 0 spiro atoms. The molecule has 0 aromatic heterocycles. The summed E-state index contributed by atoms with van der Waals surface area (Å²) in [7, 11) is 0. The summed E-state index contributed by atoms with van der Waals surface area (Å²) in [5.74, 6) is 0.543. The molecule has 0 atom stereocenters. The highest BCUT2D eigenvalue weighted by Gasteiger charge is 2.33. The summed E-state index contributed by atoms with van der Waals surface area (Å²) in [6, 6.07) is 9.89. The van der Waals surface area contributed by atoms with Crippen LogP contribution in [0.25, 0.3) is 6.08 Å². The molecule has 3 nitrogen and oxygen atoms in total. The first kappa shape index (κ1) is 13.8. The van der Waals surface area contributed by atoms with Crippen LogP contribution in [-0.2, 0) is 4.74 Å². The molecule has 0 saturated carbocycles. The lowest BCUT2D eigenvalue weighted by Crippen LogP contribution is -2.27. The van der Waals surface area contributed by atoms with Crippen LogP contribution in [0, 0.1) is 0 Å². The second kappa shape index (κ2) is 4.82. The van der Waals surface area contributed by atoms with Crippen molar-refractivity contribution in [2.45, 2.75) is 38.8 Å². The molecule has 0 saturated heterocycles. The van der Waals surface area contributed by atoms with Crippen LogP contribution in [0.1, 0.15) is 33.3 Å². The smallest absolute Gasteiger partial charge is 0.215 e. The molecule has 1 heterocycles. The molecule has 19 heavy (non-hydrogen) atoms. The average Bonchev–Trinajstić information content (AvgIpc) is 2.66. The van der Waals surface area contributed by atoms with Crippen molar-refractivity contribution in [3.63, 3.8) is 0 Å². The zero-order valence-corrected chi connectivity index (χ0v) is 12.0. The van der Waals surface area contributed by atoms with Crippen molar-refractivity contribution in [2.24, 2.45) is 4.99 Å². The van der Waals surface area contributed by atoms with Gasteiger partial charge in [-0.1, -0.05) is 30.3 Å². The third-order valence-corrected chi connectivity index (χ3v) is 2.97. The van der Waals surface area contributed by atoms with E-state index < -0.39 is 5.60 Å². The minimum absolute atomic E-state index is 0.226. The maximum Gasteiger partial charge on any atom is 0.215 e. The topological polar surface area (TPSA) is 41.8 Å². The first-order chi connectivity index (χ1) is 8.78. The van der Waals surface area contributed by atoms with Gasteiger partial charge in [0.05, 0.1) is 11.1 Å². The van der Waals surface area contributed by atoms with E-state index in [2.05, 4.69) is 4.99 Å². The van der Waals surface area contributed by atoms with Crippen molar-refractivity contribution in [1.82, 2.24) is 0 Å². The molecule has 1 aromatic carbocycles. The Balaban J connectivity index is 2.42. The van der Waals surface area contributed by atoms with Gasteiger partial charge in [0, 0.05) is 5.57 Å². The van der Waals surface area contributed by atoms with Gasteiger partial charge in [-0.2, -0.15) is 0 Å². The first-order valence-electron chi connectivity index (χ1n) is 6.51. The van der Waals surface area contributed by atoms with Gasteiger partial charge in [0.2, 0.25) is 5.90 Å². The van der Waals surface area contributed by atoms with E-state index in [1.807, 2.05) is 50.3 Å². The van der Waals surface area contributed by atoms with Crippen LogP contribution in [0.2, 0.25) is 0 Å². The van der Waals surface area contributed by atoms with Crippen LogP contribution in [0.4, 0.5) is 0 Å². The van der Waals surface area contributed by atoms with Crippen molar-refractivity contribution in [3.05, 3.63) is 41.5 Å². The fourth-order valence-corrected chi connectivity index (χ4v) is 1.94. The van der Waals surface area contributed by atoms with Gasteiger partial charge in [0.25, 0.3) is 0 Å². The number of ether oxygens (including phenoxy) is 1. The zero-order valence-electron chi connectivity index (χ0n) is 12.0. The van der Waals surface area contributed by atoms with Crippen LogP contribution in [0.3, 0.4) is 0 Å². The van der Waals surface area contributed by atoms with Crippen molar-refractivity contribution in [2.75, 3.05) is 6.61 Å². The monoisotopic (exact) mass is 259 g/mol. The lowest BCUT2D eigenvalue weighted by Gasteiger charge is -2.21. The molecule has 0 bridgehead atoms. The predicted octanol–water partition coefficient (Wildman–Crippen LogP) is 3.05. The molecular formula is C16H21NO2. The molecule has 1 aliphatic heterocycles. The molecule has 0 aliphatic carbocycles. The maximum absolute atomic E-state index is 10.3. The molecular weight excluding hydrogens is 238 g/mol. The van der Waals surface area contributed by atoms with Crippen molar-refractivity contribution >= 4 is 12.0 Å². The van der Waals surface area contributed by atoms with E-state index in [1.165, 1.54) is 0 Å². The fourth-order valence-electron chi connectivity index (χ4n) is 1.94. The van der Waals surface area contributed by atoms with E-state index in [0.717, 1.165) is 5.56 Å². The summed E-state index contributed by atoms with van der Waals surface area (Å²) >= 11 is 0. The van der Waals surface area contributed by atoms with Gasteiger partial charge in [-0.15, -0.1) is 0 Å². The first-order valence-corrected chi connectivity index (χ1v) is 6.51. The van der Waals surface area contributed by atoms with Gasteiger partial charge in [-0.05, 0) is 39.3 Å². The molecule has 102 valence electrons. The molecule has 1 aromatic rings. The van der Waals surface area contributed by atoms with Gasteiger partial charge < -0.3 is 9.84 Å². The van der Waals surface area contributed by atoms with Gasteiger partial charge in [-0.25, -0.2) is 4.99 Å². The normalized spacial score (nSPS) is 19.0. The Kier molecular flexibility index (Phi) is 3.50. The highest BCUT2D eigenvalue weighted by molar-refractivity contribution is 6.00. The van der Waals surface area contributed by atoms with Crippen molar-refractivity contribution < 1.29 is 9.84 Å². The second-order valence-corrected chi connectivity index (χ2v) is 6.05. The third kappa shape index (κ3) is 3.44. The summed E-state index contributed by atoms with van der Waals surface area (Å²) in [5.41, 5.74) is 0.519. The maximum atomic E-state index is 10.3. The van der Waals surface area contributed by atoms with Gasteiger partial charge in [0.1, 0.15) is 6.61 Å². The molecule has 1 N–H and O–H groups in total. The molecule has 0 fully saturated rings. The van der Waals surface area contributed by atoms with E-state index in [1.54, 1.807) is 13.8 Å². The lowest BCUT2D eigenvalue weighted by molar-refractivity contribution is 0.123. The summed E-state index contributed by atoms with van der Waals surface area (Å²) in [4.78, 5) is 4.55. The summed E-state index contributed by atoms with van der Waals surface area (Å²) in [6.45, 7) is 8.08. The minimum Gasteiger partial charge on any atom is -0.475 e. The molecule has 3 heteroatoms. The number of aliphatic imine (C=N–C) groups is 1. The number of hydrogen-bond donors (Lipinski definition) is 1. The Morgan fingerprint density at radius 2 is 1.95 bits per heavy atom. The Bertz CT molecular complexity index is 507. The highest BCUT2D eigenvalue weighted by atomic mass is 16.5. The fraction of sp³-hybridized carbons (Fsp3) is 0.438. The van der Waals surface area contributed by atoms with Crippen molar-refractivity contribution in [1.29, 1.82) is 0 Å². The predicted molar refractivity (Wildman–Crippen MR) is 78.2 cm³/mol. The number of nitrogens with zero attached hydrogens (tertiary/aromatic N) is 1. The van der Waals surface area contributed by atoms with E-state index in [9.17, 15) is 5.11 Å². The van der Waals surface area contributed by atoms with Crippen LogP contribution < -0.4 is 0 Å². The van der Waals surface area contributed by atoms with Gasteiger partial charge in [0.15, 0.2) is 0 Å². The number of rotatable bonds is 3. The standard InChI is InChI=1S/C16H21NO2/c1-15(2)11-19-14(17-15)13(16(3,4)18)10-12-8-6-5-7-9-12/h5-10,18H,11H2,1-4H3/b13-10-. The van der Waals surface area contributed by atoms with E-state index in [0.29, 0.717) is 18.1 Å². The zero-order chi connectivity index (χ0) is 14.1. The number of benzene rings is 1. The lowest BCUT2D eigenvalue weighted by atomic mass is 9.95. The number of aliphatic hydroxyl groups is 1. The van der Waals surface area contributed by atoms with Crippen LogP contribution >= 0.6 is 0 Å². The average molecular weight is 259 g/mol. The SMILES string of the molecule is CC1(C)COC(/C(=C/c2ccccc2)C(C)(C)O)=N1. The molecule has 0 amide bonds. The Labute approximate surface area is 114 Å². The van der Waals surface area contributed by atoms with Crippen LogP contribution in [-0.4, -0.2) is 28.8 Å². The molecule has 1 aliphatic rings. The Morgan fingerprint density at radius 1 is 1.32 bits per heavy atom. The second-order valence-electron chi connectivity index (χ2n) is 6.05. The summed E-state index contributed by atoms with van der Waals surface area (Å²) < 4.78 is 5.65. The largest absolute Gasteiger partial charge is 0.475 e. The van der Waals surface area contributed by atoms with E-state index in [4.69, 9.17) is 4.74 Å². The molecule has 0 unspecified atom stereocenters. The van der Waals surface area contributed by atoms with Crippen molar-refractivity contribution in [3.8, 4) is 0 Å². The Morgan fingerprint density at radius 3 is 2.42 bits per heavy atom. The minimum atomic E-state index is -0.991. The van der Waals surface area contributed by atoms with E-state index >= 15 is 0 Å². The summed E-state index contributed by atoms with van der Waals surface area (Å²) in [5, 5.41) is 10.3. The molecule has 0 radical (unpaired) electrons. The summed E-state index contributed by atoms with van der Waals surface area (Å²) in [6.07, 6.45) is 1.93. The number of hydrogen-bond acceptors (Lipinski definition) is 3. The van der Waals surface area contributed by atoms with Gasteiger partial charge >= 0.3 is 0 Å².